The summed E-state index contributed by atoms with van der Waals surface area (Å²) in [6.07, 6.45) is 3.97. The largest absolute Gasteiger partial charge is 0.395 e. The minimum Gasteiger partial charge on any atom is -0.395 e. The first-order chi connectivity index (χ1) is 7.85. The third-order valence-electron chi connectivity index (χ3n) is 2.73. The Kier molecular flexibility index (Phi) is 3.69. The molecular weight excluding hydrogens is 206 g/mol. The highest BCUT2D eigenvalue weighted by Gasteiger charge is 2.25. The summed E-state index contributed by atoms with van der Waals surface area (Å²) >= 11 is 0. The first-order valence-corrected chi connectivity index (χ1v) is 5.63. The fourth-order valence-electron chi connectivity index (χ4n) is 1.72. The van der Waals surface area contributed by atoms with Crippen LogP contribution in [0.2, 0.25) is 0 Å². The van der Waals surface area contributed by atoms with Crippen LogP contribution < -0.4 is 4.90 Å². The van der Waals surface area contributed by atoms with Gasteiger partial charge in [-0.2, -0.15) is 0 Å². The predicted molar refractivity (Wildman–Crippen MR) is 60.4 cm³/mol. The van der Waals surface area contributed by atoms with Crippen LogP contribution in [-0.4, -0.2) is 46.5 Å². The van der Waals surface area contributed by atoms with Gasteiger partial charge in [0.25, 0.3) is 0 Å². The second-order valence-electron chi connectivity index (χ2n) is 4.01. The molecule has 88 valence electrons. The molecule has 2 N–H and O–H groups in total. The van der Waals surface area contributed by atoms with Gasteiger partial charge in [0, 0.05) is 30.8 Å². The second-order valence-corrected chi connectivity index (χ2v) is 4.01. The molecule has 0 amide bonds. The van der Waals surface area contributed by atoms with E-state index in [4.69, 9.17) is 10.2 Å². The van der Waals surface area contributed by atoms with E-state index in [2.05, 4.69) is 9.97 Å². The highest BCUT2D eigenvalue weighted by atomic mass is 16.3. The van der Waals surface area contributed by atoms with E-state index in [0.717, 1.165) is 11.5 Å². The maximum absolute atomic E-state index is 8.95. The van der Waals surface area contributed by atoms with Gasteiger partial charge in [-0.05, 0) is 12.8 Å². The molecule has 1 aromatic heterocycles. The highest BCUT2D eigenvalue weighted by molar-refractivity contribution is 5.40. The molecule has 0 unspecified atom stereocenters. The van der Waals surface area contributed by atoms with Gasteiger partial charge < -0.3 is 15.1 Å². The monoisotopic (exact) mass is 223 g/mol. The van der Waals surface area contributed by atoms with Gasteiger partial charge in [0.05, 0.1) is 13.2 Å². The molecule has 0 atom stereocenters. The summed E-state index contributed by atoms with van der Waals surface area (Å²) in [5.41, 5.74) is 1.07. The summed E-state index contributed by atoms with van der Waals surface area (Å²) in [7, 11) is 0. The lowest BCUT2D eigenvalue weighted by molar-refractivity contribution is 0.280. The Balaban J connectivity index is 2.12. The number of anilines is 1. The van der Waals surface area contributed by atoms with Crippen molar-refractivity contribution in [2.24, 2.45) is 0 Å². The van der Waals surface area contributed by atoms with E-state index in [1.165, 1.54) is 12.8 Å². The van der Waals surface area contributed by atoms with Gasteiger partial charge in [0.2, 0.25) is 0 Å². The van der Waals surface area contributed by atoms with Crippen molar-refractivity contribution in [3.8, 4) is 0 Å². The molecule has 1 heterocycles. The van der Waals surface area contributed by atoms with Crippen LogP contribution in [0, 0.1) is 0 Å². The zero-order valence-corrected chi connectivity index (χ0v) is 9.21. The van der Waals surface area contributed by atoms with Gasteiger partial charge in [-0.15, -0.1) is 0 Å². The second kappa shape index (κ2) is 5.23. The van der Waals surface area contributed by atoms with Crippen molar-refractivity contribution in [3.63, 3.8) is 0 Å². The fraction of sp³-hybridized carbons (Fsp3) is 0.636. The van der Waals surface area contributed by atoms with E-state index in [9.17, 15) is 0 Å². The minimum absolute atomic E-state index is 0.0583. The van der Waals surface area contributed by atoms with Crippen LogP contribution in [0.25, 0.3) is 0 Å². The van der Waals surface area contributed by atoms with Gasteiger partial charge >= 0.3 is 0 Å². The molecule has 1 fully saturated rings. The van der Waals surface area contributed by atoms with Crippen molar-refractivity contribution in [2.75, 3.05) is 31.2 Å². The van der Waals surface area contributed by atoms with Gasteiger partial charge in [-0.1, -0.05) is 0 Å². The number of rotatable bonds is 6. The normalized spacial score (nSPS) is 15.1. The number of aromatic nitrogens is 2. The van der Waals surface area contributed by atoms with E-state index >= 15 is 0 Å². The molecule has 0 aromatic carbocycles. The maximum Gasteiger partial charge on any atom is 0.132 e. The minimum atomic E-state index is 0.0583. The molecule has 0 saturated heterocycles. The smallest absolute Gasteiger partial charge is 0.132 e. The van der Waals surface area contributed by atoms with Crippen molar-refractivity contribution in [1.29, 1.82) is 0 Å². The third kappa shape index (κ3) is 2.68. The first kappa shape index (κ1) is 11.3. The lowest BCUT2D eigenvalue weighted by Gasteiger charge is -2.21. The predicted octanol–water partition coefficient (Wildman–Crippen LogP) is 0.145. The lowest BCUT2D eigenvalue weighted by atomic mass is 10.2. The summed E-state index contributed by atoms with van der Waals surface area (Å²) in [6.45, 7) is 1.09. The Morgan fingerprint density at radius 1 is 1.19 bits per heavy atom. The van der Waals surface area contributed by atoms with Crippen LogP contribution in [0.1, 0.15) is 24.5 Å². The van der Waals surface area contributed by atoms with Crippen molar-refractivity contribution in [2.45, 2.75) is 18.8 Å². The molecule has 5 nitrogen and oxygen atoms in total. The molecule has 16 heavy (non-hydrogen) atoms. The summed E-state index contributed by atoms with van der Waals surface area (Å²) in [6, 6.07) is 1.96. The highest BCUT2D eigenvalue weighted by Crippen LogP contribution is 2.39. The Morgan fingerprint density at radius 3 is 2.44 bits per heavy atom. The van der Waals surface area contributed by atoms with Crippen LogP contribution in [0.4, 0.5) is 5.82 Å². The van der Waals surface area contributed by atoms with Crippen LogP contribution >= 0.6 is 0 Å². The molecule has 2 rings (SSSR count). The van der Waals surface area contributed by atoms with Crippen molar-refractivity contribution in [1.82, 2.24) is 9.97 Å². The molecule has 0 spiro atoms. The van der Waals surface area contributed by atoms with Crippen molar-refractivity contribution in [3.05, 3.63) is 18.1 Å². The molecule has 1 aliphatic carbocycles. The molecule has 5 heteroatoms. The van der Waals surface area contributed by atoms with Gasteiger partial charge in [-0.3, -0.25) is 0 Å². The topological polar surface area (TPSA) is 69.5 Å². The standard InChI is InChI=1S/C11H17N3O2/c15-5-3-14(4-6-16)11-7-10(9-1-2-9)12-8-13-11/h7-9,15-16H,1-6H2. The molecule has 0 aliphatic heterocycles. The van der Waals surface area contributed by atoms with Gasteiger partial charge in [-0.25, -0.2) is 9.97 Å². The molecule has 1 aliphatic rings. The number of hydrogen-bond donors (Lipinski definition) is 2. The zero-order chi connectivity index (χ0) is 11.4. The van der Waals surface area contributed by atoms with Gasteiger partial charge in [0.1, 0.15) is 12.1 Å². The quantitative estimate of drug-likeness (QED) is 0.718. The average molecular weight is 223 g/mol. The van der Waals surface area contributed by atoms with Crippen LogP contribution in [0.5, 0.6) is 0 Å². The summed E-state index contributed by atoms with van der Waals surface area (Å²) in [5, 5.41) is 17.9. The van der Waals surface area contributed by atoms with E-state index in [1.807, 2.05) is 11.0 Å². The molecule has 0 radical (unpaired) electrons. The Hall–Kier alpha value is -1.20. The Bertz CT molecular complexity index is 336. The molecule has 0 bridgehead atoms. The SMILES string of the molecule is OCCN(CCO)c1cc(C2CC2)ncn1. The number of aliphatic hydroxyl groups excluding tert-OH is 2. The molecular formula is C11H17N3O2. The number of aliphatic hydroxyl groups is 2. The van der Waals surface area contributed by atoms with Crippen LogP contribution in [0.3, 0.4) is 0 Å². The van der Waals surface area contributed by atoms with E-state index in [0.29, 0.717) is 19.0 Å². The van der Waals surface area contributed by atoms with Crippen LogP contribution in [-0.2, 0) is 0 Å². The summed E-state index contributed by atoms with van der Waals surface area (Å²) in [5.74, 6) is 1.38. The van der Waals surface area contributed by atoms with Crippen molar-refractivity contribution < 1.29 is 10.2 Å². The van der Waals surface area contributed by atoms with Crippen LogP contribution in [0.15, 0.2) is 12.4 Å². The maximum atomic E-state index is 8.95. The average Bonchev–Trinajstić information content (AvgIpc) is 3.13. The van der Waals surface area contributed by atoms with E-state index < -0.39 is 0 Å². The van der Waals surface area contributed by atoms with E-state index in [1.54, 1.807) is 6.33 Å². The molecule has 1 saturated carbocycles. The molecule has 1 aromatic rings. The lowest BCUT2D eigenvalue weighted by Crippen LogP contribution is -2.30. The summed E-state index contributed by atoms with van der Waals surface area (Å²) < 4.78 is 0. The fourth-order valence-corrected chi connectivity index (χ4v) is 1.72. The van der Waals surface area contributed by atoms with Crippen molar-refractivity contribution >= 4 is 5.82 Å². The summed E-state index contributed by atoms with van der Waals surface area (Å²) in [4.78, 5) is 10.3. The van der Waals surface area contributed by atoms with E-state index in [-0.39, 0.29) is 13.2 Å². The Morgan fingerprint density at radius 2 is 1.88 bits per heavy atom. The van der Waals surface area contributed by atoms with Gasteiger partial charge in [0.15, 0.2) is 0 Å². The zero-order valence-electron chi connectivity index (χ0n) is 9.21. The number of hydrogen-bond acceptors (Lipinski definition) is 5. The Labute approximate surface area is 94.8 Å². The first-order valence-electron chi connectivity index (χ1n) is 5.63. The number of nitrogens with zero attached hydrogens (tertiary/aromatic N) is 3. The third-order valence-corrected chi connectivity index (χ3v) is 2.73.